The molecule has 0 bridgehead atoms. The van der Waals surface area contributed by atoms with Crippen LogP contribution in [0.25, 0.3) is 0 Å². The van der Waals surface area contributed by atoms with Gasteiger partial charge in [0.1, 0.15) is 6.61 Å². The van der Waals surface area contributed by atoms with Gasteiger partial charge in [-0.3, -0.25) is 4.79 Å². The van der Waals surface area contributed by atoms with Crippen molar-refractivity contribution in [1.82, 2.24) is 5.32 Å². The predicted molar refractivity (Wildman–Crippen MR) is 47.4 cm³/mol. The molecule has 0 aliphatic rings. The third-order valence-electron chi connectivity index (χ3n) is 1.34. The topological polar surface area (TPSA) is 67.8 Å². The number of aliphatic hydroxyl groups is 1. The Labute approximate surface area is 78.0 Å². The van der Waals surface area contributed by atoms with Gasteiger partial charge in [-0.05, 0) is 0 Å². The van der Waals surface area contributed by atoms with Crippen LogP contribution in [0.15, 0.2) is 0 Å². The van der Waals surface area contributed by atoms with Crippen molar-refractivity contribution in [3.8, 4) is 0 Å². The van der Waals surface area contributed by atoms with Gasteiger partial charge in [0.2, 0.25) is 0 Å². The molecule has 0 spiro atoms. The van der Waals surface area contributed by atoms with Crippen LogP contribution >= 0.6 is 0 Å². The maximum absolute atomic E-state index is 10.9. The Hall–Kier alpha value is -0.650. The molecule has 0 aromatic heterocycles. The highest BCUT2D eigenvalue weighted by Gasteiger charge is 2.00. The van der Waals surface area contributed by atoms with Crippen molar-refractivity contribution < 1.29 is 19.4 Å². The minimum absolute atomic E-state index is 0.0821. The highest BCUT2D eigenvalue weighted by Crippen LogP contribution is 1.84. The summed E-state index contributed by atoms with van der Waals surface area (Å²) in [6.07, 6.45) is 0.323. The van der Waals surface area contributed by atoms with Crippen LogP contribution in [-0.4, -0.2) is 51.1 Å². The number of methoxy groups -OCH3 is 1. The lowest BCUT2D eigenvalue weighted by atomic mass is 10.4. The van der Waals surface area contributed by atoms with Crippen molar-refractivity contribution in [1.29, 1.82) is 0 Å². The van der Waals surface area contributed by atoms with Gasteiger partial charge >= 0.3 is 5.97 Å². The first kappa shape index (κ1) is 12.3. The predicted octanol–water partition coefficient (Wildman–Crippen LogP) is -0.852. The van der Waals surface area contributed by atoms with Crippen molar-refractivity contribution in [3.05, 3.63) is 0 Å². The molecule has 0 aromatic carbocycles. The molecular weight excluding hydrogens is 174 g/mol. The number of carbonyl (C=O) groups is 1. The summed E-state index contributed by atoms with van der Waals surface area (Å²) in [5, 5.41) is 11.3. The van der Waals surface area contributed by atoms with Crippen LogP contribution in [-0.2, 0) is 14.3 Å². The molecule has 0 rings (SSSR count). The highest BCUT2D eigenvalue weighted by molar-refractivity contribution is 5.69. The highest BCUT2D eigenvalue weighted by atomic mass is 16.6. The normalized spacial score (nSPS) is 10.0. The SMILES string of the molecule is COCCOC(=O)CCNCCO. The van der Waals surface area contributed by atoms with E-state index in [9.17, 15) is 4.79 Å². The Morgan fingerprint density at radius 2 is 2.15 bits per heavy atom. The lowest BCUT2D eigenvalue weighted by Gasteiger charge is -2.04. The molecule has 0 aliphatic heterocycles. The van der Waals surface area contributed by atoms with Gasteiger partial charge in [-0.25, -0.2) is 0 Å². The molecule has 0 saturated heterocycles. The minimum atomic E-state index is -0.248. The van der Waals surface area contributed by atoms with E-state index in [0.29, 0.717) is 32.7 Å². The van der Waals surface area contributed by atoms with E-state index in [-0.39, 0.29) is 12.6 Å². The summed E-state index contributed by atoms with van der Waals surface area (Å²) in [4.78, 5) is 10.9. The van der Waals surface area contributed by atoms with Crippen LogP contribution in [0, 0.1) is 0 Å². The molecule has 0 fully saturated rings. The third-order valence-corrected chi connectivity index (χ3v) is 1.34. The summed E-state index contributed by atoms with van der Waals surface area (Å²) >= 11 is 0. The van der Waals surface area contributed by atoms with Gasteiger partial charge in [-0.1, -0.05) is 0 Å². The lowest BCUT2D eigenvalue weighted by Crippen LogP contribution is -2.22. The molecule has 0 heterocycles. The van der Waals surface area contributed by atoms with E-state index in [4.69, 9.17) is 14.6 Å². The quantitative estimate of drug-likeness (QED) is 0.386. The van der Waals surface area contributed by atoms with E-state index in [1.165, 1.54) is 0 Å². The summed E-state index contributed by atoms with van der Waals surface area (Å²) in [5.74, 6) is -0.248. The van der Waals surface area contributed by atoms with E-state index < -0.39 is 0 Å². The maximum atomic E-state index is 10.9. The van der Waals surface area contributed by atoms with Gasteiger partial charge in [0.05, 0.1) is 19.6 Å². The number of rotatable bonds is 8. The van der Waals surface area contributed by atoms with Gasteiger partial charge in [0, 0.05) is 20.2 Å². The van der Waals surface area contributed by atoms with Crippen LogP contribution in [0.3, 0.4) is 0 Å². The fraction of sp³-hybridized carbons (Fsp3) is 0.875. The molecule has 0 aliphatic carbocycles. The largest absolute Gasteiger partial charge is 0.463 e. The molecular formula is C8H17NO4. The van der Waals surface area contributed by atoms with E-state index in [1.54, 1.807) is 7.11 Å². The van der Waals surface area contributed by atoms with Gasteiger partial charge in [-0.2, -0.15) is 0 Å². The number of carbonyl (C=O) groups excluding carboxylic acids is 1. The first-order valence-electron chi connectivity index (χ1n) is 4.27. The molecule has 5 nitrogen and oxygen atoms in total. The Balaban J connectivity index is 3.11. The van der Waals surface area contributed by atoms with Crippen molar-refractivity contribution in [3.63, 3.8) is 0 Å². The van der Waals surface area contributed by atoms with Gasteiger partial charge < -0.3 is 19.9 Å². The summed E-state index contributed by atoms with van der Waals surface area (Å²) < 4.78 is 9.51. The van der Waals surface area contributed by atoms with Crippen LogP contribution in [0.2, 0.25) is 0 Å². The van der Waals surface area contributed by atoms with E-state index in [1.807, 2.05) is 0 Å². The van der Waals surface area contributed by atoms with Gasteiger partial charge in [0.15, 0.2) is 0 Å². The average molecular weight is 191 g/mol. The molecule has 0 amide bonds. The zero-order valence-corrected chi connectivity index (χ0v) is 7.91. The third kappa shape index (κ3) is 9.26. The van der Waals surface area contributed by atoms with Crippen LogP contribution < -0.4 is 5.32 Å². The Morgan fingerprint density at radius 1 is 1.38 bits per heavy atom. The van der Waals surface area contributed by atoms with Crippen molar-refractivity contribution in [2.45, 2.75) is 6.42 Å². The number of hydrogen-bond donors (Lipinski definition) is 2. The minimum Gasteiger partial charge on any atom is -0.463 e. The second-order valence-electron chi connectivity index (χ2n) is 2.44. The summed E-state index contributed by atoms with van der Waals surface area (Å²) in [6.45, 7) is 1.85. The Bertz CT molecular complexity index is 129. The van der Waals surface area contributed by atoms with Crippen molar-refractivity contribution >= 4 is 5.97 Å². The summed E-state index contributed by atoms with van der Waals surface area (Å²) in [7, 11) is 1.55. The smallest absolute Gasteiger partial charge is 0.307 e. The van der Waals surface area contributed by atoms with Crippen LogP contribution in [0.5, 0.6) is 0 Å². The molecule has 2 N–H and O–H groups in total. The molecule has 5 heteroatoms. The molecule has 13 heavy (non-hydrogen) atoms. The summed E-state index contributed by atoms with van der Waals surface area (Å²) in [6, 6.07) is 0. The van der Waals surface area contributed by atoms with Gasteiger partial charge in [-0.15, -0.1) is 0 Å². The lowest BCUT2D eigenvalue weighted by molar-refractivity contribution is -0.144. The zero-order chi connectivity index (χ0) is 9.94. The Kier molecular flexibility index (Phi) is 8.97. The molecule has 0 radical (unpaired) electrons. The second kappa shape index (κ2) is 9.44. The molecule has 0 aromatic rings. The number of ether oxygens (including phenoxy) is 2. The first-order chi connectivity index (χ1) is 6.31. The molecule has 0 atom stereocenters. The van der Waals surface area contributed by atoms with E-state index >= 15 is 0 Å². The molecule has 0 unspecified atom stereocenters. The standard InChI is InChI=1S/C8H17NO4/c1-12-6-7-13-8(11)2-3-9-4-5-10/h9-10H,2-7H2,1H3. The Morgan fingerprint density at radius 3 is 2.77 bits per heavy atom. The first-order valence-corrected chi connectivity index (χ1v) is 4.27. The molecule has 0 saturated carbocycles. The van der Waals surface area contributed by atoms with Crippen LogP contribution in [0.4, 0.5) is 0 Å². The maximum Gasteiger partial charge on any atom is 0.307 e. The zero-order valence-electron chi connectivity index (χ0n) is 7.91. The monoisotopic (exact) mass is 191 g/mol. The number of hydrogen-bond acceptors (Lipinski definition) is 5. The molecule has 78 valence electrons. The second-order valence-corrected chi connectivity index (χ2v) is 2.44. The van der Waals surface area contributed by atoms with E-state index in [2.05, 4.69) is 5.32 Å². The fourth-order valence-electron chi connectivity index (χ4n) is 0.706. The van der Waals surface area contributed by atoms with Crippen molar-refractivity contribution in [2.75, 3.05) is 40.0 Å². The van der Waals surface area contributed by atoms with Gasteiger partial charge in [0.25, 0.3) is 0 Å². The number of aliphatic hydroxyl groups excluding tert-OH is 1. The number of esters is 1. The number of nitrogens with one attached hydrogen (secondary N) is 1. The van der Waals surface area contributed by atoms with Crippen LogP contribution in [0.1, 0.15) is 6.42 Å². The fourth-order valence-corrected chi connectivity index (χ4v) is 0.706. The summed E-state index contributed by atoms with van der Waals surface area (Å²) in [5.41, 5.74) is 0. The van der Waals surface area contributed by atoms with Crippen molar-refractivity contribution in [2.24, 2.45) is 0 Å². The average Bonchev–Trinajstić information content (AvgIpc) is 2.13. The van der Waals surface area contributed by atoms with E-state index in [0.717, 1.165) is 0 Å².